The van der Waals surface area contributed by atoms with Crippen molar-refractivity contribution in [2.45, 2.75) is 96.8 Å². The number of aryl methyl sites for hydroxylation is 1. The molecule has 0 saturated carbocycles. The van der Waals surface area contributed by atoms with Gasteiger partial charge in [-0.3, -0.25) is 0 Å². The smallest absolute Gasteiger partial charge is 0.337 e. The molecule has 0 aromatic heterocycles. The summed E-state index contributed by atoms with van der Waals surface area (Å²) in [4.78, 5) is 11.7. The van der Waals surface area contributed by atoms with Gasteiger partial charge in [0, 0.05) is 0 Å². The van der Waals surface area contributed by atoms with Gasteiger partial charge in [-0.15, -0.1) is 0 Å². The van der Waals surface area contributed by atoms with Crippen molar-refractivity contribution in [2.24, 2.45) is 0 Å². The maximum atomic E-state index is 11.7. The molecule has 0 bridgehead atoms. The highest BCUT2D eigenvalue weighted by Crippen LogP contribution is 2.47. The van der Waals surface area contributed by atoms with Crippen LogP contribution in [0, 0.1) is 0 Å². The fourth-order valence-electron chi connectivity index (χ4n) is 5.00. The monoisotopic (exact) mass is 446 g/mol. The molecule has 0 aliphatic heterocycles. The number of hydrogen-bond acceptors (Lipinski definition) is 2. The molecule has 0 fully saturated rings. The van der Waals surface area contributed by atoms with Crippen molar-refractivity contribution in [2.75, 3.05) is 7.11 Å². The van der Waals surface area contributed by atoms with Crippen LogP contribution >= 0.6 is 0 Å². The summed E-state index contributed by atoms with van der Waals surface area (Å²) < 4.78 is 4.82. The van der Waals surface area contributed by atoms with E-state index in [2.05, 4.69) is 58.9 Å². The van der Waals surface area contributed by atoms with E-state index in [0.717, 1.165) is 12.0 Å². The quantitative estimate of drug-likeness (QED) is 0.219. The summed E-state index contributed by atoms with van der Waals surface area (Å²) in [7, 11) is 1.42. The highest BCUT2D eigenvalue weighted by Gasteiger charge is 2.37. The molecule has 0 heterocycles. The summed E-state index contributed by atoms with van der Waals surface area (Å²) in [6, 6.07) is 12.6. The van der Waals surface area contributed by atoms with Gasteiger partial charge in [0.2, 0.25) is 0 Å². The van der Waals surface area contributed by atoms with Crippen LogP contribution in [-0.2, 0) is 22.0 Å². The first kappa shape index (κ1) is 25.3. The third-order valence-electron chi connectivity index (χ3n) is 7.45. The van der Waals surface area contributed by atoms with Gasteiger partial charge in [0.1, 0.15) is 0 Å². The summed E-state index contributed by atoms with van der Waals surface area (Å²) in [5, 5.41) is 0. The van der Waals surface area contributed by atoms with E-state index in [9.17, 15) is 4.79 Å². The lowest BCUT2D eigenvalue weighted by Crippen LogP contribution is -2.34. The molecule has 0 N–H and O–H groups in total. The second-order valence-corrected chi connectivity index (χ2v) is 11.0. The molecule has 3 rings (SSSR count). The average Bonchev–Trinajstić information content (AvgIpc) is 2.80. The van der Waals surface area contributed by atoms with E-state index in [1.165, 1.54) is 68.7 Å². The number of benzene rings is 2. The van der Waals surface area contributed by atoms with Crippen molar-refractivity contribution >= 4 is 18.1 Å². The third kappa shape index (κ3) is 6.16. The zero-order valence-electron chi connectivity index (χ0n) is 21.6. The number of ether oxygens (including phenoxy) is 1. The van der Waals surface area contributed by atoms with Gasteiger partial charge in [0.05, 0.1) is 12.7 Å². The number of fused-ring (bicyclic) bond motifs is 1. The van der Waals surface area contributed by atoms with E-state index in [1.54, 1.807) is 5.56 Å². The van der Waals surface area contributed by atoms with E-state index >= 15 is 0 Å². The highest BCUT2D eigenvalue weighted by molar-refractivity contribution is 5.89. The highest BCUT2D eigenvalue weighted by atomic mass is 16.5. The topological polar surface area (TPSA) is 26.3 Å². The Labute approximate surface area is 201 Å². The van der Waals surface area contributed by atoms with Crippen molar-refractivity contribution in [1.29, 1.82) is 0 Å². The summed E-state index contributed by atoms with van der Waals surface area (Å²) in [6.07, 6.45) is 14.5. The normalized spacial score (nSPS) is 16.5. The fraction of sp³-hybridized carbons (Fsp3) is 0.516. The summed E-state index contributed by atoms with van der Waals surface area (Å²) in [5.74, 6) is -0.296. The van der Waals surface area contributed by atoms with E-state index in [-0.39, 0.29) is 16.8 Å². The number of esters is 1. The molecule has 0 unspecified atom stereocenters. The number of unbranched alkanes of at least 4 members (excludes halogenated alkanes) is 4. The van der Waals surface area contributed by atoms with Crippen molar-refractivity contribution in [3.8, 4) is 0 Å². The second-order valence-electron chi connectivity index (χ2n) is 11.0. The molecular weight excluding hydrogens is 404 g/mol. The fourth-order valence-corrected chi connectivity index (χ4v) is 5.00. The zero-order chi connectivity index (χ0) is 24.1. The zero-order valence-corrected chi connectivity index (χ0v) is 21.6. The van der Waals surface area contributed by atoms with Gasteiger partial charge in [-0.05, 0) is 76.5 Å². The Balaban J connectivity index is 1.93. The van der Waals surface area contributed by atoms with Crippen LogP contribution in [0.3, 0.4) is 0 Å². The van der Waals surface area contributed by atoms with Crippen molar-refractivity contribution < 1.29 is 9.53 Å². The van der Waals surface area contributed by atoms with Gasteiger partial charge >= 0.3 is 5.97 Å². The molecule has 1 aliphatic rings. The average molecular weight is 447 g/mol. The maximum absolute atomic E-state index is 11.7. The minimum Gasteiger partial charge on any atom is -0.465 e. The molecule has 0 atom stereocenters. The molecule has 2 aromatic rings. The molecule has 1 aliphatic carbocycles. The summed E-state index contributed by atoms with van der Waals surface area (Å²) >= 11 is 0. The van der Waals surface area contributed by atoms with Gasteiger partial charge in [-0.2, -0.15) is 0 Å². The van der Waals surface area contributed by atoms with Crippen LogP contribution in [0.25, 0.3) is 12.2 Å². The van der Waals surface area contributed by atoms with Crippen LogP contribution in [0.15, 0.2) is 36.4 Å². The largest absolute Gasteiger partial charge is 0.465 e. The van der Waals surface area contributed by atoms with Gasteiger partial charge in [-0.25, -0.2) is 4.79 Å². The first-order valence-corrected chi connectivity index (χ1v) is 12.7. The first-order chi connectivity index (χ1) is 15.7. The van der Waals surface area contributed by atoms with Gasteiger partial charge in [-0.1, -0.05) is 96.7 Å². The Morgan fingerprint density at radius 3 is 2.09 bits per heavy atom. The van der Waals surface area contributed by atoms with Gasteiger partial charge < -0.3 is 4.74 Å². The third-order valence-corrected chi connectivity index (χ3v) is 7.45. The summed E-state index contributed by atoms with van der Waals surface area (Å²) in [5.41, 5.74) is 7.97. The molecule has 178 valence electrons. The Bertz CT molecular complexity index is 977. The van der Waals surface area contributed by atoms with Crippen molar-refractivity contribution in [3.05, 3.63) is 69.8 Å². The van der Waals surface area contributed by atoms with Gasteiger partial charge in [0.15, 0.2) is 0 Å². The molecule has 33 heavy (non-hydrogen) atoms. The molecular formula is C31H42O2. The number of hydrogen-bond donors (Lipinski definition) is 0. The van der Waals surface area contributed by atoms with Gasteiger partial charge in [0.25, 0.3) is 0 Å². The van der Waals surface area contributed by atoms with E-state index in [4.69, 9.17) is 4.74 Å². The number of methoxy groups -OCH3 is 1. The Kier molecular flexibility index (Phi) is 8.21. The molecule has 0 radical (unpaired) electrons. The molecule has 0 amide bonds. The second kappa shape index (κ2) is 10.7. The number of carbonyl (C=O) groups excluding carboxylic acids is 1. The SMILES string of the molecule is CCCCCCCc1cc2c(cc1/C=C/c1ccc(C(=O)OC)cc1)C(C)(C)CCC2(C)C. The van der Waals surface area contributed by atoms with Crippen LogP contribution < -0.4 is 0 Å². The Morgan fingerprint density at radius 2 is 1.48 bits per heavy atom. The molecule has 2 nitrogen and oxygen atoms in total. The van der Waals surface area contributed by atoms with E-state index in [0.29, 0.717) is 5.56 Å². The van der Waals surface area contributed by atoms with Crippen LogP contribution in [-0.4, -0.2) is 13.1 Å². The molecule has 2 heteroatoms. The first-order valence-electron chi connectivity index (χ1n) is 12.7. The van der Waals surface area contributed by atoms with Crippen LogP contribution in [0.1, 0.15) is 118 Å². The lowest BCUT2D eigenvalue weighted by atomic mass is 9.62. The predicted molar refractivity (Wildman–Crippen MR) is 141 cm³/mol. The summed E-state index contributed by atoms with van der Waals surface area (Å²) in [6.45, 7) is 11.9. The predicted octanol–water partition coefficient (Wildman–Crippen LogP) is 8.51. The Morgan fingerprint density at radius 1 is 0.879 bits per heavy atom. The lowest BCUT2D eigenvalue weighted by Gasteiger charge is -2.42. The molecule has 0 spiro atoms. The maximum Gasteiger partial charge on any atom is 0.337 e. The lowest BCUT2D eigenvalue weighted by molar-refractivity contribution is 0.0600. The molecule has 0 saturated heterocycles. The van der Waals surface area contributed by atoms with Crippen LogP contribution in [0.5, 0.6) is 0 Å². The number of rotatable bonds is 9. The Hall–Kier alpha value is -2.35. The number of carbonyl (C=O) groups is 1. The standard InChI is InChI=1S/C31H42O2/c1-7-8-9-10-11-12-25-21-27-28(31(4,5)20-19-30(27,2)3)22-26(25)18-15-23-13-16-24(17-14-23)29(32)33-6/h13-18,21-22H,7-12,19-20H2,1-6H3/b18-15+. The minimum atomic E-state index is -0.296. The van der Waals surface area contributed by atoms with E-state index in [1.807, 2.05) is 24.3 Å². The van der Waals surface area contributed by atoms with Crippen molar-refractivity contribution in [3.63, 3.8) is 0 Å². The minimum absolute atomic E-state index is 0.204. The van der Waals surface area contributed by atoms with E-state index < -0.39 is 0 Å². The van der Waals surface area contributed by atoms with Crippen LogP contribution in [0.2, 0.25) is 0 Å². The van der Waals surface area contributed by atoms with Crippen molar-refractivity contribution in [1.82, 2.24) is 0 Å². The van der Waals surface area contributed by atoms with Crippen LogP contribution in [0.4, 0.5) is 0 Å². The molecule has 2 aromatic carbocycles.